The van der Waals surface area contributed by atoms with Crippen LogP contribution in [0.15, 0.2) is 48.5 Å². The lowest BCUT2D eigenvalue weighted by atomic mass is 9.70. The molecule has 0 spiro atoms. The molecule has 0 fully saturated rings. The van der Waals surface area contributed by atoms with Gasteiger partial charge in [0.25, 0.3) is 0 Å². The van der Waals surface area contributed by atoms with E-state index in [-0.39, 0.29) is 11.5 Å². The summed E-state index contributed by atoms with van der Waals surface area (Å²) in [6.45, 7) is 9.70. The predicted octanol–water partition coefficient (Wildman–Crippen LogP) is 5.39. The van der Waals surface area contributed by atoms with Crippen LogP contribution in [0.1, 0.15) is 45.9 Å². The number of phenols is 3. The Balaban J connectivity index is 2.35. The molecule has 0 unspecified atom stereocenters. The van der Waals surface area contributed by atoms with Crippen molar-refractivity contribution >= 4 is 0 Å². The molecule has 3 N–H and O–H groups in total. The fourth-order valence-electron chi connectivity index (χ4n) is 3.68. The number of aromatic hydroxyl groups is 3. The van der Waals surface area contributed by atoms with Crippen molar-refractivity contribution in [2.24, 2.45) is 0 Å². The Morgan fingerprint density at radius 1 is 0.556 bits per heavy atom. The maximum absolute atomic E-state index is 10.2. The molecule has 0 heterocycles. The minimum Gasteiger partial charge on any atom is -0.508 e. The van der Waals surface area contributed by atoms with E-state index in [1.165, 1.54) is 0 Å². The molecule has 0 aliphatic heterocycles. The van der Waals surface area contributed by atoms with Gasteiger partial charge in [0, 0.05) is 5.41 Å². The zero-order chi connectivity index (χ0) is 19.9. The number of hydrogen-bond acceptors (Lipinski definition) is 3. The van der Waals surface area contributed by atoms with Gasteiger partial charge in [-0.15, -0.1) is 0 Å². The average Bonchev–Trinajstić information content (AvgIpc) is 2.63. The fourth-order valence-corrected chi connectivity index (χ4v) is 3.68. The van der Waals surface area contributed by atoms with Crippen molar-refractivity contribution < 1.29 is 15.3 Å². The predicted molar refractivity (Wildman–Crippen MR) is 109 cm³/mol. The van der Waals surface area contributed by atoms with Crippen molar-refractivity contribution in [1.29, 1.82) is 0 Å². The second-order valence-corrected chi connectivity index (χ2v) is 7.59. The zero-order valence-corrected chi connectivity index (χ0v) is 16.5. The second kappa shape index (κ2) is 6.66. The van der Waals surface area contributed by atoms with Crippen LogP contribution < -0.4 is 0 Å². The third kappa shape index (κ3) is 3.14. The number of hydrogen-bond donors (Lipinski definition) is 3. The normalized spacial score (nSPS) is 11.6. The third-order valence-electron chi connectivity index (χ3n) is 5.62. The molecule has 0 radical (unpaired) electrons. The standard InChI is InChI=1S/C24H26O3/c1-14-10-18(6-8-21(14)25)24(5,19-7-9-22(26)15(2)11-19)20-12-16(3)23(27)17(4)13-20/h6-13,25-27H,1-5H3. The lowest BCUT2D eigenvalue weighted by molar-refractivity contribution is 0.466. The number of rotatable bonds is 3. The highest BCUT2D eigenvalue weighted by atomic mass is 16.3. The SMILES string of the molecule is Cc1cc(C(C)(c2ccc(O)c(C)c2)c2cc(C)c(O)c(C)c2)ccc1O. The van der Waals surface area contributed by atoms with Gasteiger partial charge >= 0.3 is 0 Å². The van der Waals surface area contributed by atoms with Gasteiger partial charge in [-0.2, -0.15) is 0 Å². The highest BCUT2D eigenvalue weighted by Gasteiger charge is 2.33. The molecule has 0 atom stereocenters. The Kier molecular flexibility index (Phi) is 4.64. The Morgan fingerprint density at radius 2 is 0.926 bits per heavy atom. The van der Waals surface area contributed by atoms with E-state index in [4.69, 9.17) is 0 Å². The molecule has 3 aromatic carbocycles. The summed E-state index contributed by atoms with van der Waals surface area (Å²) in [5, 5.41) is 30.2. The van der Waals surface area contributed by atoms with E-state index in [1.807, 2.05) is 64.1 Å². The number of benzene rings is 3. The quantitative estimate of drug-likeness (QED) is 0.547. The molecule has 0 amide bonds. The maximum atomic E-state index is 10.2. The van der Waals surface area contributed by atoms with E-state index >= 15 is 0 Å². The highest BCUT2D eigenvalue weighted by molar-refractivity contribution is 5.56. The van der Waals surface area contributed by atoms with Crippen LogP contribution in [-0.2, 0) is 5.41 Å². The minimum atomic E-state index is -0.514. The summed E-state index contributed by atoms with van der Waals surface area (Å²) in [6, 6.07) is 15.3. The van der Waals surface area contributed by atoms with E-state index in [1.54, 1.807) is 12.1 Å². The van der Waals surface area contributed by atoms with Gasteiger partial charge in [0.2, 0.25) is 0 Å². The highest BCUT2D eigenvalue weighted by Crippen LogP contribution is 2.43. The van der Waals surface area contributed by atoms with E-state index < -0.39 is 5.41 Å². The van der Waals surface area contributed by atoms with Gasteiger partial charge in [-0.25, -0.2) is 0 Å². The van der Waals surface area contributed by atoms with E-state index in [0.717, 1.165) is 38.9 Å². The molecule has 0 aromatic heterocycles. The van der Waals surface area contributed by atoms with Crippen LogP contribution >= 0.6 is 0 Å². The fraction of sp³-hybridized carbons (Fsp3) is 0.250. The minimum absolute atomic E-state index is 0.265. The van der Waals surface area contributed by atoms with Crippen molar-refractivity contribution in [2.75, 3.05) is 0 Å². The van der Waals surface area contributed by atoms with E-state index in [9.17, 15) is 15.3 Å². The Morgan fingerprint density at radius 3 is 1.30 bits per heavy atom. The van der Waals surface area contributed by atoms with Crippen molar-refractivity contribution in [1.82, 2.24) is 0 Å². The van der Waals surface area contributed by atoms with Gasteiger partial charge in [-0.1, -0.05) is 36.4 Å². The summed E-state index contributed by atoms with van der Waals surface area (Å²) >= 11 is 0. The zero-order valence-electron chi connectivity index (χ0n) is 16.5. The third-order valence-corrected chi connectivity index (χ3v) is 5.62. The molecule has 0 aliphatic carbocycles. The molecule has 3 aromatic rings. The lowest BCUT2D eigenvalue weighted by Crippen LogP contribution is -2.26. The van der Waals surface area contributed by atoms with Gasteiger partial charge in [0.05, 0.1) is 0 Å². The lowest BCUT2D eigenvalue weighted by Gasteiger charge is -2.33. The van der Waals surface area contributed by atoms with Crippen LogP contribution in [0, 0.1) is 27.7 Å². The summed E-state index contributed by atoms with van der Waals surface area (Å²) in [5.74, 6) is 0.840. The molecular formula is C24H26O3. The van der Waals surface area contributed by atoms with Crippen molar-refractivity contribution in [3.63, 3.8) is 0 Å². The summed E-state index contributed by atoms with van der Waals surface area (Å²) in [7, 11) is 0. The topological polar surface area (TPSA) is 60.7 Å². The van der Waals surface area contributed by atoms with Crippen molar-refractivity contribution in [3.8, 4) is 17.2 Å². The molecule has 0 bridgehead atoms. The summed E-state index contributed by atoms with van der Waals surface area (Å²) in [6.07, 6.45) is 0. The number of aryl methyl sites for hydroxylation is 4. The molecule has 0 aliphatic rings. The number of phenolic OH excluding ortho intramolecular Hbond substituents is 3. The van der Waals surface area contributed by atoms with Crippen LogP contribution in [0.3, 0.4) is 0 Å². The molecule has 3 rings (SSSR count). The molecular weight excluding hydrogens is 336 g/mol. The molecule has 3 nitrogen and oxygen atoms in total. The Labute approximate surface area is 160 Å². The van der Waals surface area contributed by atoms with E-state index in [2.05, 4.69) is 6.92 Å². The first-order valence-electron chi connectivity index (χ1n) is 9.05. The van der Waals surface area contributed by atoms with Gasteiger partial charge in [0.15, 0.2) is 0 Å². The van der Waals surface area contributed by atoms with Gasteiger partial charge in [-0.05, 0) is 85.7 Å². The first kappa shape index (κ1) is 18.8. The van der Waals surface area contributed by atoms with Crippen molar-refractivity contribution in [3.05, 3.63) is 87.5 Å². The average molecular weight is 362 g/mol. The van der Waals surface area contributed by atoms with Crippen LogP contribution in [0.2, 0.25) is 0 Å². The first-order chi connectivity index (χ1) is 12.6. The van der Waals surface area contributed by atoms with Crippen LogP contribution in [0.4, 0.5) is 0 Å². The first-order valence-corrected chi connectivity index (χ1v) is 9.05. The smallest absolute Gasteiger partial charge is 0.121 e. The van der Waals surface area contributed by atoms with Gasteiger partial charge in [0.1, 0.15) is 17.2 Å². The Hall–Kier alpha value is -2.94. The van der Waals surface area contributed by atoms with Gasteiger partial charge < -0.3 is 15.3 Å². The largest absolute Gasteiger partial charge is 0.508 e. The molecule has 140 valence electrons. The molecule has 0 saturated heterocycles. The van der Waals surface area contributed by atoms with Gasteiger partial charge in [-0.3, -0.25) is 0 Å². The Bertz CT molecular complexity index is 944. The summed E-state index contributed by atoms with van der Waals surface area (Å²) < 4.78 is 0. The molecule has 3 heteroatoms. The monoisotopic (exact) mass is 362 g/mol. The maximum Gasteiger partial charge on any atom is 0.121 e. The molecule has 0 saturated carbocycles. The van der Waals surface area contributed by atoms with Crippen LogP contribution in [0.25, 0.3) is 0 Å². The van der Waals surface area contributed by atoms with Crippen molar-refractivity contribution in [2.45, 2.75) is 40.0 Å². The summed E-state index contributed by atoms with van der Waals surface area (Å²) in [4.78, 5) is 0. The summed E-state index contributed by atoms with van der Waals surface area (Å²) in [5.41, 5.74) is 5.86. The van der Waals surface area contributed by atoms with Crippen LogP contribution in [-0.4, -0.2) is 15.3 Å². The van der Waals surface area contributed by atoms with Crippen LogP contribution in [0.5, 0.6) is 17.2 Å². The van der Waals surface area contributed by atoms with E-state index in [0.29, 0.717) is 5.75 Å². The molecule has 27 heavy (non-hydrogen) atoms. The second-order valence-electron chi connectivity index (χ2n) is 7.59.